The van der Waals surface area contributed by atoms with Crippen molar-refractivity contribution in [2.24, 2.45) is 0 Å². The minimum absolute atomic E-state index is 0.197. The van der Waals surface area contributed by atoms with E-state index in [9.17, 15) is 9.59 Å². The molecule has 4 aromatic rings. The van der Waals surface area contributed by atoms with Crippen LogP contribution < -0.4 is 20.5 Å². The smallest absolute Gasteiger partial charge is 0.322 e. The molecule has 2 N–H and O–H groups in total. The SMILES string of the molecule is COc1ccc(C2NC(=O)N(C)c3c2c(=O)[nH]c2c3sc3nc4c(cc32)CCCC4)cc1. The standard InChI is InChI=1S/C24H22N4O3S/c1-28-20-17(18(27-24(28)30)12-7-9-14(31-2)10-8-12)22(29)26-19-15-11-13-5-3-4-6-16(13)25-23(15)32-21(19)20/h7-11,18H,3-6H2,1-2H3,(H,26,29)(H,27,30). The highest BCUT2D eigenvalue weighted by molar-refractivity contribution is 7.26. The van der Waals surface area contributed by atoms with Gasteiger partial charge in [-0.05, 0) is 55.0 Å². The molecule has 0 spiro atoms. The van der Waals surface area contributed by atoms with Gasteiger partial charge in [0.1, 0.15) is 10.6 Å². The highest BCUT2D eigenvalue weighted by Crippen LogP contribution is 2.43. The molecule has 0 radical (unpaired) electrons. The quantitative estimate of drug-likeness (QED) is 0.481. The van der Waals surface area contributed by atoms with Gasteiger partial charge in [-0.15, -0.1) is 11.3 Å². The molecule has 8 heteroatoms. The Hall–Kier alpha value is -3.39. The molecule has 0 saturated heterocycles. The summed E-state index contributed by atoms with van der Waals surface area (Å²) in [5.74, 6) is 0.720. The Kier molecular flexibility index (Phi) is 4.26. The molecule has 6 rings (SSSR count). The number of benzene rings is 1. The number of carbonyl (C=O) groups is 1. The van der Waals surface area contributed by atoms with Crippen LogP contribution in [0.4, 0.5) is 10.5 Å². The maximum Gasteiger partial charge on any atom is 0.322 e. The minimum atomic E-state index is -0.542. The number of carbonyl (C=O) groups excluding carboxylic acids is 1. The first-order valence-corrected chi connectivity index (χ1v) is 11.6. The number of fused-ring (bicyclic) bond motifs is 6. The maximum atomic E-state index is 13.4. The van der Waals surface area contributed by atoms with Crippen LogP contribution in [-0.4, -0.2) is 30.2 Å². The van der Waals surface area contributed by atoms with E-state index in [0.717, 1.165) is 56.7 Å². The van der Waals surface area contributed by atoms with Gasteiger partial charge >= 0.3 is 6.03 Å². The summed E-state index contributed by atoms with van der Waals surface area (Å²) in [6.07, 6.45) is 4.35. The average Bonchev–Trinajstić information content (AvgIpc) is 3.16. The number of aromatic amines is 1. The summed E-state index contributed by atoms with van der Waals surface area (Å²) in [7, 11) is 3.32. The predicted molar refractivity (Wildman–Crippen MR) is 126 cm³/mol. The minimum Gasteiger partial charge on any atom is -0.497 e. The van der Waals surface area contributed by atoms with Crippen LogP contribution in [0, 0.1) is 0 Å². The second-order valence-corrected chi connectivity index (χ2v) is 9.39. The van der Waals surface area contributed by atoms with Crippen LogP contribution in [0.1, 0.15) is 41.3 Å². The fourth-order valence-corrected chi connectivity index (χ4v) is 6.11. The fraction of sp³-hybridized carbons (Fsp3) is 0.292. The van der Waals surface area contributed by atoms with Crippen molar-refractivity contribution in [1.29, 1.82) is 0 Å². The molecule has 4 heterocycles. The van der Waals surface area contributed by atoms with E-state index in [4.69, 9.17) is 9.72 Å². The number of aryl methyl sites for hydroxylation is 2. The summed E-state index contributed by atoms with van der Waals surface area (Å²) in [6, 6.07) is 8.82. The van der Waals surface area contributed by atoms with E-state index in [-0.39, 0.29) is 11.6 Å². The molecule has 2 amide bonds. The lowest BCUT2D eigenvalue weighted by Crippen LogP contribution is -2.47. The van der Waals surface area contributed by atoms with Gasteiger partial charge < -0.3 is 15.0 Å². The monoisotopic (exact) mass is 446 g/mol. The molecule has 3 aromatic heterocycles. The molecule has 1 atom stereocenters. The van der Waals surface area contributed by atoms with Gasteiger partial charge in [0.25, 0.3) is 5.56 Å². The second kappa shape index (κ2) is 7.06. The van der Waals surface area contributed by atoms with Crippen LogP contribution >= 0.6 is 11.3 Å². The summed E-state index contributed by atoms with van der Waals surface area (Å²) in [4.78, 5) is 36.8. The van der Waals surface area contributed by atoms with Gasteiger partial charge in [0, 0.05) is 18.1 Å². The van der Waals surface area contributed by atoms with Crippen molar-refractivity contribution in [3.63, 3.8) is 0 Å². The summed E-state index contributed by atoms with van der Waals surface area (Å²) in [6.45, 7) is 0. The molecular weight excluding hydrogens is 424 g/mol. The highest BCUT2D eigenvalue weighted by atomic mass is 32.1. The lowest BCUT2D eigenvalue weighted by atomic mass is 9.94. The van der Waals surface area contributed by atoms with Gasteiger partial charge in [-0.3, -0.25) is 9.69 Å². The maximum absolute atomic E-state index is 13.4. The van der Waals surface area contributed by atoms with Crippen molar-refractivity contribution >= 4 is 43.5 Å². The molecule has 1 aliphatic heterocycles. The Morgan fingerprint density at radius 1 is 1.16 bits per heavy atom. The number of rotatable bonds is 2. The van der Waals surface area contributed by atoms with Crippen LogP contribution in [0.2, 0.25) is 0 Å². The molecule has 1 unspecified atom stereocenters. The zero-order chi connectivity index (χ0) is 22.0. The third-order valence-corrected chi connectivity index (χ3v) is 7.67. The van der Waals surface area contributed by atoms with Gasteiger partial charge in [-0.25, -0.2) is 9.78 Å². The molecule has 1 aromatic carbocycles. The van der Waals surface area contributed by atoms with Crippen molar-refractivity contribution in [1.82, 2.24) is 15.3 Å². The van der Waals surface area contributed by atoms with Gasteiger partial charge in [-0.2, -0.15) is 0 Å². The van der Waals surface area contributed by atoms with E-state index in [1.807, 2.05) is 24.3 Å². The first-order chi connectivity index (χ1) is 15.5. The van der Waals surface area contributed by atoms with Crippen LogP contribution in [-0.2, 0) is 12.8 Å². The number of hydrogen-bond donors (Lipinski definition) is 2. The van der Waals surface area contributed by atoms with Crippen molar-refractivity contribution in [3.8, 4) is 5.75 Å². The summed E-state index contributed by atoms with van der Waals surface area (Å²) in [5, 5.41) is 3.94. The van der Waals surface area contributed by atoms with E-state index >= 15 is 0 Å². The molecule has 7 nitrogen and oxygen atoms in total. The summed E-state index contributed by atoms with van der Waals surface area (Å²) in [5.41, 5.74) is 5.03. The number of aromatic nitrogens is 2. The van der Waals surface area contributed by atoms with Crippen molar-refractivity contribution in [3.05, 3.63) is 63.1 Å². The molecule has 1 aliphatic carbocycles. The number of pyridine rings is 2. The molecule has 32 heavy (non-hydrogen) atoms. The lowest BCUT2D eigenvalue weighted by molar-refractivity contribution is 0.244. The van der Waals surface area contributed by atoms with Gasteiger partial charge in [0.05, 0.1) is 34.6 Å². The molecule has 0 bridgehead atoms. The number of methoxy groups -OCH3 is 1. The number of H-pyrrole nitrogens is 1. The first kappa shape index (κ1) is 19.3. The van der Waals surface area contributed by atoms with Gasteiger partial charge in [-0.1, -0.05) is 12.1 Å². The average molecular weight is 447 g/mol. The lowest BCUT2D eigenvalue weighted by Gasteiger charge is -2.32. The van der Waals surface area contributed by atoms with Gasteiger partial charge in [0.15, 0.2) is 0 Å². The third kappa shape index (κ3) is 2.75. The van der Waals surface area contributed by atoms with E-state index in [1.54, 1.807) is 30.4 Å². The fourth-order valence-electron chi connectivity index (χ4n) is 4.88. The van der Waals surface area contributed by atoms with E-state index in [0.29, 0.717) is 11.3 Å². The second-order valence-electron chi connectivity index (χ2n) is 8.39. The number of nitrogens with one attached hydrogen (secondary N) is 2. The number of urea groups is 1. The Morgan fingerprint density at radius 2 is 1.94 bits per heavy atom. The van der Waals surface area contributed by atoms with Crippen LogP contribution in [0.5, 0.6) is 5.75 Å². The highest BCUT2D eigenvalue weighted by Gasteiger charge is 2.35. The largest absolute Gasteiger partial charge is 0.497 e. The first-order valence-electron chi connectivity index (χ1n) is 10.7. The number of thiophene rings is 1. The number of hydrogen-bond acceptors (Lipinski definition) is 5. The number of anilines is 1. The van der Waals surface area contributed by atoms with Gasteiger partial charge in [0.2, 0.25) is 0 Å². The number of ether oxygens (including phenoxy) is 1. The number of nitrogens with zero attached hydrogens (tertiary/aromatic N) is 2. The Labute approximate surface area is 188 Å². The van der Waals surface area contributed by atoms with Crippen LogP contribution in [0.15, 0.2) is 35.1 Å². The zero-order valence-electron chi connectivity index (χ0n) is 17.8. The number of amides is 2. The molecular formula is C24H22N4O3S. The molecule has 0 fully saturated rings. The molecule has 2 aliphatic rings. The van der Waals surface area contributed by atoms with Crippen molar-refractivity contribution in [2.45, 2.75) is 31.7 Å². The van der Waals surface area contributed by atoms with Crippen molar-refractivity contribution < 1.29 is 9.53 Å². The molecule has 162 valence electrons. The Bertz CT molecular complexity index is 1450. The predicted octanol–water partition coefficient (Wildman–Crippen LogP) is 4.27. The molecule has 0 saturated carbocycles. The van der Waals surface area contributed by atoms with E-state index in [2.05, 4.69) is 16.4 Å². The third-order valence-electron chi connectivity index (χ3n) is 6.56. The normalized spacial score (nSPS) is 17.9. The van der Waals surface area contributed by atoms with Crippen LogP contribution in [0.25, 0.3) is 20.4 Å². The summed E-state index contributed by atoms with van der Waals surface area (Å²) >= 11 is 1.54. The Morgan fingerprint density at radius 3 is 2.72 bits per heavy atom. The topological polar surface area (TPSA) is 87.3 Å². The van der Waals surface area contributed by atoms with Crippen molar-refractivity contribution in [2.75, 3.05) is 19.1 Å². The summed E-state index contributed by atoms with van der Waals surface area (Å²) < 4.78 is 6.14. The van der Waals surface area contributed by atoms with E-state index < -0.39 is 6.04 Å². The van der Waals surface area contributed by atoms with E-state index in [1.165, 1.54) is 12.0 Å². The van der Waals surface area contributed by atoms with Crippen LogP contribution in [0.3, 0.4) is 0 Å². The Balaban J connectivity index is 1.62. The zero-order valence-corrected chi connectivity index (χ0v) is 18.6.